The van der Waals surface area contributed by atoms with Crippen LogP contribution >= 0.6 is 0 Å². The van der Waals surface area contributed by atoms with Crippen LogP contribution in [-0.2, 0) is 4.79 Å². The predicted molar refractivity (Wildman–Crippen MR) is 122 cm³/mol. The summed E-state index contributed by atoms with van der Waals surface area (Å²) in [6.45, 7) is 6.18. The summed E-state index contributed by atoms with van der Waals surface area (Å²) in [4.78, 5) is 29.7. The monoisotopic (exact) mass is 413 g/mol. The molecule has 0 saturated carbocycles. The van der Waals surface area contributed by atoms with E-state index in [1.165, 1.54) is 6.08 Å². The lowest BCUT2D eigenvalue weighted by atomic mass is 10.1. The van der Waals surface area contributed by atoms with Crippen molar-refractivity contribution in [3.05, 3.63) is 73.1 Å². The van der Waals surface area contributed by atoms with Gasteiger partial charge in [0.15, 0.2) is 5.82 Å². The lowest BCUT2D eigenvalue weighted by Crippen LogP contribution is -2.26. The summed E-state index contributed by atoms with van der Waals surface area (Å²) < 4.78 is 1.84. The molecule has 8 nitrogen and oxygen atoms in total. The van der Waals surface area contributed by atoms with Crippen molar-refractivity contribution in [3.63, 3.8) is 0 Å². The van der Waals surface area contributed by atoms with Crippen LogP contribution in [0, 0.1) is 0 Å². The molecule has 1 amide bonds. The van der Waals surface area contributed by atoms with Crippen LogP contribution in [0.2, 0.25) is 0 Å². The molecule has 3 aromatic heterocycles. The summed E-state index contributed by atoms with van der Waals surface area (Å²) in [6, 6.07) is 9.24. The summed E-state index contributed by atoms with van der Waals surface area (Å²) in [5.41, 5.74) is 2.99. The number of imidazole rings is 1. The van der Waals surface area contributed by atoms with Gasteiger partial charge in [-0.15, -0.1) is 0 Å². The molecule has 0 aliphatic carbocycles. The van der Waals surface area contributed by atoms with Crippen LogP contribution in [0.5, 0.6) is 0 Å². The van der Waals surface area contributed by atoms with Crippen LogP contribution in [0.25, 0.3) is 22.9 Å². The van der Waals surface area contributed by atoms with Gasteiger partial charge >= 0.3 is 0 Å². The number of amides is 1. The molecular weight excluding hydrogens is 390 g/mol. The zero-order valence-electron chi connectivity index (χ0n) is 17.6. The molecule has 2 N–H and O–H groups in total. The quantitative estimate of drug-likeness (QED) is 0.479. The molecule has 0 aliphatic rings. The number of pyridine rings is 1. The minimum absolute atomic E-state index is 0.134. The number of anilines is 2. The molecule has 0 aliphatic heterocycles. The summed E-state index contributed by atoms with van der Waals surface area (Å²) in [5.74, 6) is 1.08. The molecule has 0 saturated heterocycles. The number of benzene rings is 1. The van der Waals surface area contributed by atoms with E-state index >= 15 is 0 Å². The minimum Gasteiger partial charge on any atom is -0.364 e. The van der Waals surface area contributed by atoms with Gasteiger partial charge in [0.2, 0.25) is 5.91 Å². The maximum Gasteiger partial charge on any atom is 0.248 e. The van der Waals surface area contributed by atoms with Crippen molar-refractivity contribution in [1.29, 1.82) is 0 Å². The summed E-state index contributed by atoms with van der Waals surface area (Å²) in [7, 11) is 0. The maximum atomic E-state index is 12.3. The van der Waals surface area contributed by atoms with Crippen LogP contribution in [0.3, 0.4) is 0 Å². The van der Waals surface area contributed by atoms with Gasteiger partial charge in [0.05, 0.1) is 23.4 Å². The Balaban J connectivity index is 1.57. The second kappa shape index (κ2) is 8.35. The van der Waals surface area contributed by atoms with E-state index in [2.05, 4.69) is 51.3 Å². The molecule has 0 spiro atoms. The van der Waals surface area contributed by atoms with Gasteiger partial charge in [0.25, 0.3) is 0 Å². The largest absolute Gasteiger partial charge is 0.364 e. The van der Waals surface area contributed by atoms with E-state index in [0.717, 1.165) is 16.6 Å². The number of hydrogen-bond donors (Lipinski definition) is 2. The Morgan fingerprint density at radius 2 is 1.97 bits per heavy atom. The number of aromatic nitrogens is 5. The number of nitrogens with one attached hydrogen (secondary N) is 2. The van der Waals surface area contributed by atoms with Gasteiger partial charge in [-0.05, 0) is 56.7 Å². The predicted octanol–water partition coefficient (Wildman–Crippen LogP) is 4.07. The fourth-order valence-corrected chi connectivity index (χ4v) is 3.01. The summed E-state index contributed by atoms with van der Waals surface area (Å²) in [6.07, 6.45) is 11.6. The average molecular weight is 413 g/mol. The second-order valence-corrected chi connectivity index (χ2v) is 8.06. The molecule has 3 heterocycles. The molecule has 1 aromatic carbocycles. The highest BCUT2D eigenvalue weighted by Crippen LogP contribution is 2.22. The Labute approximate surface area is 180 Å². The standard InChI is InChI=1S/C23H23N7O/c1-23(2,3)29-20-13-25-14-21(28-20)30-15-26-18-8-7-17(11-19(18)30)27-22(31)9-6-16-5-4-10-24-12-16/h4-15H,1-3H3,(H,27,31)(H,28,29)/b9-6+. The number of hydrogen-bond acceptors (Lipinski definition) is 6. The van der Waals surface area contributed by atoms with Crippen LogP contribution < -0.4 is 10.6 Å². The van der Waals surface area contributed by atoms with Gasteiger partial charge in [0, 0.05) is 29.7 Å². The Hall–Kier alpha value is -4.07. The van der Waals surface area contributed by atoms with E-state index in [1.807, 2.05) is 34.9 Å². The topological polar surface area (TPSA) is 97.6 Å². The van der Waals surface area contributed by atoms with Gasteiger partial charge in [-0.1, -0.05) is 6.07 Å². The number of carbonyl (C=O) groups is 1. The maximum absolute atomic E-state index is 12.3. The van der Waals surface area contributed by atoms with Crippen LogP contribution in [-0.4, -0.2) is 35.9 Å². The Morgan fingerprint density at radius 3 is 2.74 bits per heavy atom. The van der Waals surface area contributed by atoms with Crippen LogP contribution in [0.1, 0.15) is 26.3 Å². The van der Waals surface area contributed by atoms with Gasteiger partial charge in [-0.2, -0.15) is 0 Å². The van der Waals surface area contributed by atoms with Gasteiger partial charge in [0.1, 0.15) is 12.1 Å². The first-order valence-electron chi connectivity index (χ1n) is 9.84. The molecule has 4 rings (SSSR count). The van der Waals surface area contributed by atoms with E-state index in [1.54, 1.807) is 37.2 Å². The van der Waals surface area contributed by atoms with Crippen LogP contribution in [0.15, 0.2) is 67.5 Å². The third-order valence-corrected chi connectivity index (χ3v) is 4.30. The molecule has 0 atom stereocenters. The second-order valence-electron chi connectivity index (χ2n) is 8.06. The number of fused-ring (bicyclic) bond motifs is 1. The summed E-state index contributed by atoms with van der Waals surface area (Å²) in [5, 5.41) is 6.20. The average Bonchev–Trinajstić information content (AvgIpc) is 3.15. The number of nitrogens with zero attached hydrogens (tertiary/aromatic N) is 5. The number of carbonyl (C=O) groups excluding carboxylic acids is 1. The van der Waals surface area contributed by atoms with Crippen molar-refractivity contribution in [3.8, 4) is 5.82 Å². The first kappa shape index (κ1) is 20.2. The lowest BCUT2D eigenvalue weighted by Gasteiger charge is -2.21. The highest BCUT2D eigenvalue weighted by atomic mass is 16.1. The van der Waals surface area contributed by atoms with E-state index < -0.39 is 0 Å². The Kier molecular flexibility index (Phi) is 5.44. The normalized spacial score (nSPS) is 11.7. The van der Waals surface area contributed by atoms with Gasteiger partial charge in [-0.25, -0.2) is 9.97 Å². The highest BCUT2D eigenvalue weighted by Gasteiger charge is 2.13. The fourth-order valence-electron chi connectivity index (χ4n) is 3.01. The zero-order chi connectivity index (χ0) is 21.8. The van der Waals surface area contributed by atoms with Gasteiger partial charge < -0.3 is 10.6 Å². The first-order valence-corrected chi connectivity index (χ1v) is 9.84. The minimum atomic E-state index is -0.231. The molecule has 31 heavy (non-hydrogen) atoms. The fraction of sp³-hybridized carbons (Fsp3) is 0.174. The van der Waals surface area contributed by atoms with E-state index in [9.17, 15) is 4.79 Å². The molecule has 0 radical (unpaired) electrons. The van der Waals surface area contributed by atoms with Crippen molar-refractivity contribution in [2.24, 2.45) is 0 Å². The molecule has 0 bridgehead atoms. The molecule has 0 unspecified atom stereocenters. The molecular formula is C23H23N7O. The molecule has 0 fully saturated rings. The lowest BCUT2D eigenvalue weighted by molar-refractivity contribution is -0.111. The van der Waals surface area contributed by atoms with Crippen molar-refractivity contribution in [2.75, 3.05) is 10.6 Å². The van der Waals surface area contributed by atoms with E-state index in [-0.39, 0.29) is 11.4 Å². The Bertz CT molecular complexity index is 1240. The van der Waals surface area contributed by atoms with Crippen molar-refractivity contribution in [2.45, 2.75) is 26.3 Å². The van der Waals surface area contributed by atoms with Crippen LogP contribution in [0.4, 0.5) is 11.5 Å². The molecule has 156 valence electrons. The summed E-state index contributed by atoms with van der Waals surface area (Å²) >= 11 is 0. The third kappa shape index (κ3) is 5.11. The van der Waals surface area contributed by atoms with Gasteiger partial charge in [-0.3, -0.25) is 19.3 Å². The first-order chi connectivity index (χ1) is 14.9. The molecule has 8 heteroatoms. The van der Waals surface area contributed by atoms with Crippen molar-refractivity contribution in [1.82, 2.24) is 24.5 Å². The zero-order valence-corrected chi connectivity index (χ0v) is 17.6. The highest BCUT2D eigenvalue weighted by molar-refractivity contribution is 6.02. The van der Waals surface area contributed by atoms with E-state index in [0.29, 0.717) is 17.3 Å². The van der Waals surface area contributed by atoms with Crippen molar-refractivity contribution >= 4 is 34.5 Å². The SMILES string of the molecule is CC(C)(C)Nc1cncc(-n2cnc3ccc(NC(=O)/C=C/c4cccnc4)cc32)n1. The van der Waals surface area contributed by atoms with E-state index in [4.69, 9.17) is 0 Å². The van der Waals surface area contributed by atoms with Crippen molar-refractivity contribution < 1.29 is 4.79 Å². The smallest absolute Gasteiger partial charge is 0.248 e. The molecule has 4 aromatic rings. The Morgan fingerprint density at radius 1 is 1.10 bits per heavy atom. The number of rotatable bonds is 5. The third-order valence-electron chi connectivity index (χ3n) is 4.30.